The highest BCUT2D eigenvalue weighted by molar-refractivity contribution is 6.31. The maximum Gasteiger partial charge on any atom is 0.337 e. The summed E-state index contributed by atoms with van der Waals surface area (Å²) in [5, 5.41) is 11.9. The van der Waals surface area contributed by atoms with Crippen LogP contribution in [0.4, 0.5) is 5.69 Å². The van der Waals surface area contributed by atoms with E-state index in [1.807, 2.05) is 0 Å². The van der Waals surface area contributed by atoms with E-state index >= 15 is 0 Å². The monoisotopic (exact) mass is 331 g/mol. The van der Waals surface area contributed by atoms with Crippen LogP contribution in [-0.4, -0.2) is 24.1 Å². The molecule has 0 saturated heterocycles. The summed E-state index contributed by atoms with van der Waals surface area (Å²) >= 11 is 5.76. The zero-order valence-corrected chi connectivity index (χ0v) is 13.0. The van der Waals surface area contributed by atoms with E-state index in [1.165, 1.54) is 24.3 Å². The van der Waals surface area contributed by atoms with Crippen molar-refractivity contribution in [3.05, 3.63) is 64.7 Å². The highest BCUT2D eigenvalue weighted by Gasteiger charge is 2.12. The summed E-state index contributed by atoms with van der Waals surface area (Å²) < 4.78 is 5.05. The van der Waals surface area contributed by atoms with Gasteiger partial charge >= 0.3 is 5.97 Å². The Bertz CT molecular complexity index is 754. The lowest BCUT2D eigenvalue weighted by molar-refractivity contribution is -0.111. The molecule has 0 fully saturated rings. The first-order chi connectivity index (χ1) is 11.0. The third-order valence-electron chi connectivity index (χ3n) is 3.01. The first-order valence-corrected chi connectivity index (χ1v) is 7.03. The lowest BCUT2D eigenvalue weighted by Crippen LogP contribution is -2.12. The molecular formula is C17H14ClNO4. The van der Waals surface area contributed by atoms with Crippen molar-refractivity contribution in [1.29, 1.82) is 0 Å². The topological polar surface area (TPSA) is 75.6 Å². The van der Waals surface area contributed by atoms with Crippen molar-refractivity contribution in [1.82, 2.24) is 0 Å². The third kappa shape index (κ3) is 4.59. The number of hydrogen-bond donors (Lipinski definition) is 2. The van der Waals surface area contributed by atoms with Crippen LogP contribution in [0, 0.1) is 0 Å². The smallest absolute Gasteiger partial charge is 0.337 e. The Labute approximate surface area is 138 Å². The van der Waals surface area contributed by atoms with E-state index in [9.17, 15) is 9.59 Å². The van der Waals surface area contributed by atoms with Crippen LogP contribution < -0.4 is 10.1 Å². The first-order valence-electron chi connectivity index (χ1n) is 6.65. The quantitative estimate of drug-likeness (QED) is 0.819. The molecule has 0 aliphatic heterocycles. The number of anilines is 1. The second-order valence-electron chi connectivity index (χ2n) is 4.59. The molecule has 6 heteroatoms. The highest BCUT2D eigenvalue weighted by atomic mass is 35.5. The molecule has 0 radical (unpaired) electrons. The predicted molar refractivity (Wildman–Crippen MR) is 89.1 cm³/mol. The number of carboxylic acid groups (broad SMARTS) is 1. The van der Waals surface area contributed by atoms with Crippen LogP contribution >= 0.6 is 11.6 Å². The first kappa shape index (κ1) is 16.6. The van der Waals surface area contributed by atoms with Gasteiger partial charge in [0.2, 0.25) is 5.91 Å². The van der Waals surface area contributed by atoms with Crippen molar-refractivity contribution in [2.45, 2.75) is 0 Å². The summed E-state index contributed by atoms with van der Waals surface area (Å²) in [6.07, 6.45) is 2.94. The van der Waals surface area contributed by atoms with Crippen molar-refractivity contribution < 1.29 is 19.4 Å². The van der Waals surface area contributed by atoms with Gasteiger partial charge in [-0.25, -0.2) is 4.79 Å². The third-order valence-corrected chi connectivity index (χ3v) is 3.25. The van der Waals surface area contributed by atoms with Crippen LogP contribution in [0.3, 0.4) is 0 Å². The average Bonchev–Trinajstić information content (AvgIpc) is 2.55. The molecule has 0 heterocycles. The lowest BCUT2D eigenvalue weighted by Gasteiger charge is -2.07. The Hall–Kier alpha value is -2.79. The van der Waals surface area contributed by atoms with E-state index in [1.54, 1.807) is 37.5 Å². The summed E-state index contributed by atoms with van der Waals surface area (Å²) in [5.74, 6) is -0.883. The second-order valence-corrected chi connectivity index (χ2v) is 5.03. The van der Waals surface area contributed by atoms with Crippen LogP contribution in [0.25, 0.3) is 6.08 Å². The minimum Gasteiger partial charge on any atom is -0.497 e. The van der Waals surface area contributed by atoms with Crippen LogP contribution in [0.2, 0.25) is 5.02 Å². The van der Waals surface area contributed by atoms with E-state index in [4.69, 9.17) is 21.4 Å². The zero-order chi connectivity index (χ0) is 16.8. The van der Waals surface area contributed by atoms with E-state index in [2.05, 4.69) is 5.32 Å². The number of amides is 1. The summed E-state index contributed by atoms with van der Waals surface area (Å²) in [6, 6.07) is 11.4. The van der Waals surface area contributed by atoms with Gasteiger partial charge in [-0.2, -0.15) is 0 Å². The minimum atomic E-state index is -1.16. The molecule has 2 aromatic carbocycles. The van der Waals surface area contributed by atoms with Crippen LogP contribution in [0.1, 0.15) is 15.9 Å². The summed E-state index contributed by atoms with van der Waals surface area (Å²) in [4.78, 5) is 23.1. The number of carbonyl (C=O) groups is 2. The van der Waals surface area contributed by atoms with E-state index in [0.717, 1.165) is 11.3 Å². The number of aromatic carboxylic acids is 1. The van der Waals surface area contributed by atoms with Crippen molar-refractivity contribution in [3.63, 3.8) is 0 Å². The minimum absolute atomic E-state index is 0.0660. The number of halogens is 1. The van der Waals surface area contributed by atoms with Gasteiger partial charge in [-0.15, -0.1) is 0 Å². The number of hydrogen-bond acceptors (Lipinski definition) is 3. The summed E-state index contributed by atoms with van der Waals surface area (Å²) in [5.41, 5.74) is 0.936. The van der Waals surface area contributed by atoms with Crippen LogP contribution in [0.15, 0.2) is 48.5 Å². The number of methoxy groups -OCH3 is 1. The van der Waals surface area contributed by atoms with E-state index in [0.29, 0.717) is 0 Å². The summed E-state index contributed by atoms with van der Waals surface area (Å²) in [7, 11) is 1.57. The fraction of sp³-hybridized carbons (Fsp3) is 0.0588. The molecule has 23 heavy (non-hydrogen) atoms. The molecule has 1 amide bonds. The molecule has 0 aliphatic carbocycles. The fourth-order valence-electron chi connectivity index (χ4n) is 1.86. The Balaban J connectivity index is 2.10. The molecule has 0 saturated carbocycles. The fourth-order valence-corrected chi connectivity index (χ4v) is 2.04. The van der Waals surface area contributed by atoms with Crippen molar-refractivity contribution in [3.8, 4) is 5.75 Å². The molecule has 0 aliphatic rings. The molecule has 2 rings (SSSR count). The standard InChI is InChI=1S/C17H14ClNO4/c1-23-13-6-2-11(3-7-13)4-9-16(20)19-15-8-5-12(18)10-14(15)17(21)22/h2-10H,1H3,(H,19,20)(H,21,22). The number of ether oxygens (including phenoxy) is 1. The Morgan fingerprint density at radius 1 is 1.17 bits per heavy atom. The molecule has 0 atom stereocenters. The largest absolute Gasteiger partial charge is 0.497 e. The molecule has 0 unspecified atom stereocenters. The predicted octanol–water partition coefficient (Wildman–Crippen LogP) is 3.70. The Kier molecular flexibility index (Phi) is 5.38. The maximum absolute atomic E-state index is 11.9. The molecule has 0 bridgehead atoms. The zero-order valence-electron chi connectivity index (χ0n) is 12.2. The molecule has 0 spiro atoms. The molecule has 0 aromatic heterocycles. The molecule has 5 nitrogen and oxygen atoms in total. The Morgan fingerprint density at radius 3 is 2.48 bits per heavy atom. The average molecular weight is 332 g/mol. The van der Waals surface area contributed by atoms with E-state index in [-0.39, 0.29) is 16.3 Å². The number of carbonyl (C=O) groups excluding carboxylic acids is 1. The number of nitrogens with one attached hydrogen (secondary N) is 1. The van der Waals surface area contributed by atoms with Crippen molar-refractivity contribution in [2.24, 2.45) is 0 Å². The van der Waals surface area contributed by atoms with Gasteiger partial charge in [-0.3, -0.25) is 4.79 Å². The Morgan fingerprint density at radius 2 is 1.87 bits per heavy atom. The maximum atomic E-state index is 11.9. The van der Waals surface area contributed by atoms with Crippen molar-refractivity contribution in [2.75, 3.05) is 12.4 Å². The van der Waals surface area contributed by atoms with Gasteiger partial charge in [0.15, 0.2) is 0 Å². The van der Waals surface area contributed by atoms with Crippen LogP contribution in [0.5, 0.6) is 5.75 Å². The molecule has 2 aromatic rings. The van der Waals surface area contributed by atoms with Gasteiger partial charge in [0.05, 0.1) is 18.4 Å². The molecule has 2 N–H and O–H groups in total. The number of carboxylic acids is 1. The van der Waals surface area contributed by atoms with Gasteiger partial charge in [-0.1, -0.05) is 23.7 Å². The number of rotatable bonds is 5. The van der Waals surface area contributed by atoms with E-state index < -0.39 is 11.9 Å². The normalized spacial score (nSPS) is 10.5. The summed E-state index contributed by atoms with van der Waals surface area (Å²) in [6.45, 7) is 0. The molecular weight excluding hydrogens is 318 g/mol. The second kappa shape index (κ2) is 7.47. The van der Waals surface area contributed by atoms with Gasteiger partial charge in [0.1, 0.15) is 5.75 Å². The SMILES string of the molecule is COc1ccc(C=CC(=O)Nc2ccc(Cl)cc2C(=O)O)cc1. The van der Waals surface area contributed by atoms with Gasteiger partial charge in [0, 0.05) is 11.1 Å². The molecule has 118 valence electrons. The highest BCUT2D eigenvalue weighted by Crippen LogP contribution is 2.21. The van der Waals surface area contributed by atoms with Gasteiger partial charge in [-0.05, 0) is 42.0 Å². The van der Waals surface area contributed by atoms with Gasteiger partial charge in [0.25, 0.3) is 0 Å². The van der Waals surface area contributed by atoms with Crippen molar-refractivity contribution >= 4 is 35.2 Å². The van der Waals surface area contributed by atoms with Gasteiger partial charge < -0.3 is 15.2 Å². The number of benzene rings is 2. The van der Waals surface area contributed by atoms with Crippen LogP contribution in [-0.2, 0) is 4.79 Å². The lowest BCUT2D eigenvalue weighted by atomic mass is 10.1.